The maximum absolute atomic E-state index is 12.3. The molecule has 7 nitrogen and oxygen atoms in total. The topological polar surface area (TPSA) is 90.3 Å². The Morgan fingerprint density at radius 2 is 2.16 bits per heavy atom. The van der Waals surface area contributed by atoms with Gasteiger partial charge >= 0.3 is 12.0 Å². The molecule has 1 heterocycles. The normalized spacial score (nSPS) is 19.3. The Bertz CT molecular complexity index is 310. The van der Waals surface area contributed by atoms with E-state index in [4.69, 9.17) is 14.9 Å². The van der Waals surface area contributed by atoms with E-state index in [9.17, 15) is 9.59 Å². The predicted molar refractivity (Wildman–Crippen MR) is 67.9 cm³/mol. The zero-order chi connectivity index (χ0) is 14.3. The van der Waals surface area contributed by atoms with Gasteiger partial charge < -0.3 is 24.7 Å². The molecule has 1 aliphatic rings. The fourth-order valence-electron chi connectivity index (χ4n) is 1.99. The lowest BCUT2D eigenvalue weighted by Crippen LogP contribution is -2.57. The number of carbonyl (C=O) groups excluding carboxylic acids is 1. The number of ether oxygens (including phenoxy) is 1. The number of carboxylic acid groups (broad SMARTS) is 1. The summed E-state index contributed by atoms with van der Waals surface area (Å²) in [4.78, 5) is 26.3. The quantitative estimate of drug-likeness (QED) is 0.710. The molecule has 1 rings (SSSR count). The largest absolute Gasteiger partial charge is 0.480 e. The Morgan fingerprint density at radius 3 is 2.74 bits per heavy atom. The summed E-state index contributed by atoms with van der Waals surface area (Å²) in [5.41, 5.74) is 0. The molecule has 0 saturated carbocycles. The van der Waals surface area contributed by atoms with E-state index in [1.807, 2.05) is 6.92 Å². The molecular weight excluding hydrogens is 252 g/mol. The SMILES string of the molecule is CCCCN(CCO)C(=O)N1CCOCC1C(=O)O. The molecule has 0 aromatic rings. The van der Waals surface area contributed by atoms with Gasteiger partial charge in [0, 0.05) is 19.6 Å². The lowest BCUT2D eigenvalue weighted by Gasteiger charge is -2.36. The monoisotopic (exact) mass is 274 g/mol. The maximum Gasteiger partial charge on any atom is 0.328 e. The molecule has 1 fully saturated rings. The van der Waals surface area contributed by atoms with E-state index in [1.54, 1.807) is 0 Å². The van der Waals surface area contributed by atoms with Gasteiger partial charge in [-0.15, -0.1) is 0 Å². The molecule has 1 unspecified atom stereocenters. The summed E-state index contributed by atoms with van der Waals surface area (Å²) >= 11 is 0. The van der Waals surface area contributed by atoms with Crippen LogP contribution in [0, 0.1) is 0 Å². The lowest BCUT2D eigenvalue weighted by atomic mass is 10.2. The fourth-order valence-corrected chi connectivity index (χ4v) is 1.99. The van der Waals surface area contributed by atoms with Crippen molar-refractivity contribution < 1.29 is 24.5 Å². The molecule has 0 spiro atoms. The second kappa shape index (κ2) is 7.96. The molecule has 1 saturated heterocycles. The summed E-state index contributed by atoms with van der Waals surface area (Å²) in [6.07, 6.45) is 1.76. The van der Waals surface area contributed by atoms with E-state index in [2.05, 4.69) is 0 Å². The number of urea groups is 1. The summed E-state index contributed by atoms with van der Waals surface area (Å²) in [6.45, 7) is 3.26. The van der Waals surface area contributed by atoms with E-state index < -0.39 is 12.0 Å². The van der Waals surface area contributed by atoms with Crippen LogP contribution in [0.4, 0.5) is 4.79 Å². The smallest absolute Gasteiger partial charge is 0.328 e. The highest BCUT2D eigenvalue weighted by atomic mass is 16.5. The Balaban J connectivity index is 2.71. The summed E-state index contributed by atoms with van der Waals surface area (Å²) < 4.78 is 5.10. The van der Waals surface area contributed by atoms with Gasteiger partial charge in [-0.2, -0.15) is 0 Å². The van der Waals surface area contributed by atoms with Crippen LogP contribution in [-0.4, -0.2) is 77.5 Å². The molecule has 0 radical (unpaired) electrons. The number of hydrogen-bond acceptors (Lipinski definition) is 4. The highest BCUT2D eigenvalue weighted by Crippen LogP contribution is 2.11. The number of aliphatic carboxylic acids is 1. The second-order valence-electron chi connectivity index (χ2n) is 4.47. The van der Waals surface area contributed by atoms with Crippen LogP contribution in [0.1, 0.15) is 19.8 Å². The van der Waals surface area contributed by atoms with Gasteiger partial charge in [-0.1, -0.05) is 13.3 Å². The minimum Gasteiger partial charge on any atom is -0.480 e. The molecule has 110 valence electrons. The number of aliphatic hydroxyl groups excluding tert-OH is 1. The van der Waals surface area contributed by atoms with Crippen molar-refractivity contribution in [1.82, 2.24) is 9.80 Å². The number of aliphatic hydroxyl groups is 1. The Hall–Kier alpha value is -1.34. The second-order valence-corrected chi connectivity index (χ2v) is 4.47. The van der Waals surface area contributed by atoms with Crippen LogP contribution >= 0.6 is 0 Å². The fraction of sp³-hybridized carbons (Fsp3) is 0.833. The highest BCUT2D eigenvalue weighted by molar-refractivity contribution is 5.83. The van der Waals surface area contributed by atoms with Crippen molar-refractivity contribution in [2.24, 2.45) is 0 Å². The van der Waals surface area contributed by atoms with Crippen LogP contribution in [0.5, 0.6) is 0 Å². The average Bonchev–Trinajstić information content (AvgIpc) is 2.42. The zero-order valence-corrected chi connectivity index (χ0v) is 11.2. The van der Waals surface area contributed by atoms with E-state index in [0.29, 0.717) is 13.2 Å². The van der Waals surface area contributed by atoms with Crippen molar-refractivity contribution in [3.63, 3.8) is 0 Å². The van der Waals surface area contributed by atoms with Crippen LogP contribution in [0.15, 0.2) is 0 Å². The number of nitrogens with zero attached hydrogens (tertiary/aromatic N) is 2. The van der Waals surface area contributed by atoms with Gasteiger partial charge in [-0.05, 0) is 6.42 Å². The van der Waals surface area contributed by atoms with Crippen molar-refractivity contribution >= 4 is 12.0 Å². The number of rotatable bonds is 6. The first-order valence-electron chi connectivity index (χ1n) is 6.58. The van der Waals surface area contributed by atoms with Gasteiger partial charge in [-0.3, -0.25) is 0 Å². The standard InChI is InChI=1S/C12H22N2O5/c1-2-3-4-13(5-7-15)12(18)14-6-8-19-9-10(14)11(16)17/h10,15H,2-9H2,1H3,(H,16,17). The first-order chi connectivity index (χ1) is 9.11. The molecule has 1 atom stereocenters. The zero-order valence-electron chi connectivity index (χ0n) is 11.2. The summed E-state index contributed by atoms with van der Waals surface area (Å²) in [5.74, 6) is -1.06. The number of carboxylic acids is 1. The molecule has 2 amide bonds. The van der Waals surface area contributed by atoms with Crippen LogP contribution in [-0.2, 0) is 9.53 Å². The Kier molecular flexibility index (Phi) is 6.58. The van der Waals surface area contributed by atoms with Crippen molar-refractivity contribution in [1.29, 1.82) is 0 Å². The van der Waals surface area contributed by atoms with Gasteiger partial charge in [0.2, 0.25) is 0 Å². The van der Waals surface area contributed by atoms with Crippen LogP contribution in [0.3, 0.4) is 0 Å². The Morgan fingerprint density at radius 1 is 1.42 bits per heavy atom. The van der Waals surface area contributed by atoms with Gasteiger partial charge in [0.25, 0.3) is 0 Å². The molecule has 2 N–H and O–H groups in total. The number of hydrogen-bond donors (Lipinski definition) is 2. The minimum atomic E-state index is -1.06. The van der Waals surface area contributed by atoms with Gasteiger partial charge in [-0.25, -0.2) is 9.59 Å². The maximum atomic E-state index is 12.3. The summed E-state index contributed by atoms with van der Waals surface area (Å²) in [6, 6.07) is -1.28. The third-order valence-electron chi connectivity index (χ3n) is 3.08. The predicted octanol–water partition coefficient (Wildman–Crippen LogP) is -0.0138. The van der Waals surface area contributed by atoms with Gasteiger partial charge in [0.05, 0.1) is 19.8 Å². The molecule has 7 heteroatoms. The lowest BCUT2D eigenvalue weighted by molar-refractivity contribution is -0.147. The van der Waals surface area contributed by atoms with E-state index in [-0.39, 0.29) is 32.3 Å². The third kappa shape index (κ3) is 4.36. The van der Waals surface area contributed by atoms with Gasteiger partial charge in [0.1, 0.15) is 0 Å². The molecule has 0 aromatic carbocycles. The number of morpholine rings is 1. The molecule has 0 aromatic heterocycles. The van der Waals surface area contributed by atoms with Crippen LogP contribution < -0.4 is 0 Å². The first-order valence-corrected chi connectivity index (χ1v) is 6.58. The van der Waals surface area contributed by atoms with Crippen molar-refractivity contribution in [3.05, 3.63) is 0 Å². The van der Waals surface area contributed by atoms with Gasteiger partial charge in [0.15, 0.2) is 6.04 Å². The molecule has 0 aliphatic carbocycles. The van der Waals surface area contributed by atoms with E-state index in [0.717, 1.165) is 12.8 Å². The summed E-state index contributed by atoms with van der Waals surface area (Å²) in [5, 5.41) is 18.1. The Labute approximate surface area is 112 Å². The molecule has 19 heavy (non-hydrogen) atoms. The number of unbranched alkanes of at least 4 members (excludes halogenated alkanes) is 1. The van der Waals surface area contributed by atoms with Crippen LogP contribution in [0.2, 0.25) is 0 Å². The molecule has 1 aliphatic heterocycles. The van der Waals surface area contributed by atoms with Crippen LogP contribution in [0.25, 0.3) is 0 Å². The number of amides is 2. The van der Waals surface area contributed by atoms with E-state index in [1.165, 1.54) is 9.80 Å². The van der Waals surface area contributed by atoms with E-state index >= 15 is 0 Å². The van der Waals surface area contributed by atoms with Crippen molar-refractivity contribution in [2.75, 3.05) is 39.5 Å². The number of carbonyl (C=O) groups is 2. The molecular formula is C12H22N2O5. The third-order valence-corrected chi connectivity index (χ3v) is 3.08. The first kappa shape index (κ1) is 15.7. The highest BCUT2D eigenvalue weighted by Gasteiger charge is 2.34. The molecule has 0 bridgehead atoms. The van der Waals surface area contributed by atoms with Crippen molar-refractivity contribution in [3.8, 4) is 0 Å². The minimum absolute atomic E-state index is 0.0157. The van der Waals surface area contributed by atoms with Crippen molar-refractivity contribution in [2.45, 2.75) is 25.8 Å². The summed E-state index contributed by atoms with van der Waals surface area (Å²) in [7, 11) is 0. The average molecular weight is 274 g/mol.